The first-order chi connectivity index (χ1) is 21.4. The molecule has 0 aliphatic heterocycles. The van der Waals surface area contributed by atoms with Gasteiger partial charge in [-0.2, -0.15) is 14.6 Å². The zero-order valence-electron chi connectivity index (χ0n) is 25.1. The molecule has 0 N–H and O–H groups in total. The van der Waals surface area contributed by atoms with E-state index in [9.17, 15) is 4.79 Å². The molecule has 8 nitrogen and oxygen atoms in total. The minimum Gasteiger partial charge on any atom is -0.494 e. The first kappa shape index (κ1) is 29.1. The maximum atomic E-state index is 13.4. The van der Waals surface area contributed by atoms with E-state index < -0.39 is 0 Å². The maximum absolute atomic E-state index is 13.4. The summed E-state index contributed by atoms with van der Waals surface area (Å²) in [5.41, 5.74) is 5.25. The summed E-state index contributed by atoms with van der Waals surface area (Å²) in [6.07, 6.45) is 7.54. The minimum atomic E-state index is -0.217. The Bertz CT molecular complexity index is 2040. The Labute approximate surface area is 259 Å². The predicted molar refractivity (Wildman–Crippen MR) is 177 cm³/mol. The molecule has 6 rings (SSSR count). The third-order valence-electron chi connectivity index (χ3n) is 6.88. The molecule has 3 aromatic heterocycles. The topological polar surface area (TPSA) is 83.5 Å². The van der Waals surface area contributed by atoms with Crippen LogP contribution in [-0.4, -0.2) is 37.6 Å². The standard InChI is InChI=1S/C35H33N5O3S/c1-5-42-29-15-11-25(12-16-29)13-18-32-36-35-40(37-32)34(41)31(44-35)20-27-21-39(28-9-7-6-8-10-28)38-33(27)26-14-17-30(24(4)19-26)43-22-23(2)3/h6-21,23H,5,22H2,1-4H3/b18-13+,31-20-. The molecule has 6 aromatic rings. The van der Waals surface area contributed by atoms with E-state index in [2.05, 4.69) is 30.0 Å². The van der Waals surface area contributed by atoms with E-state index in [0.717, 1.165) is 45.1 Å². The molecule has 0 spiro atoms. The fourth-order valence-corrected chi connectivity index (χ4v) is 5.62. The Hall–Kier alpha value is -5.02. The van der Waals surface area contributed by atoms with Gasteiger partial charge in [0.1, 0.15) is 17.2 Å². The monoisotopic (exact) mass is 603 g/mol. The van der Waals surface area contributed by atoms with Crippen LogP contribution in [-0.2, 0) is 0 Å². The van der Waals surface area contributed by atoms with Crippen molar-refractivity contribution in [3.8, 4) is 28.4 Å². The van der Waals surface area contributed by atoms with Crippen LogP contribution in [0.25, 0.3) is 40.1 Å². The Morgan fingerprint density at radius 1 is 0.955 bits per heavy atom. The number of fused-ring (bicyclic) bond motifs is 1. The zero-order valence-corrected chi connectivity index (χ0v) is 25.9. The molecule has 44 heavy (non-hydrogen) atoms. The quantitative estimate of drug-likeness (QED) is 0.179. The van der Waals surface area contributed by atoms with Crippen molar-refractivity contribution in [1.29, 1.82) is 0 Å². The average Bonchev–Trinajstić information content (AvgIpc) is 3.71. The van der Waals surface area contributed by atoms with E-state index in [1.165, 1.54) is 15.9 Å². The molecule has 0 saturated carbocycles. The number of thiazole rings is 1. The SMILES string of the molecule is CCOc1ccc(/C=C/c2nc3s/c(=C\c4cn(-c5ccccc5)nc4-c4ccc(OCC(C)C)c(C)c4)c(=O)n3n2)cc1. The van der Waals surface area contributed by atoms with E-state index in [1.54, 1.807) is 6.08 Å². The third kappa shape index (κ3) is 6.33. The summed E-state index contributed by atoms with van der Waals surface area (Å²) >= 11 is 1.31. The van der Waals surface area contributed by atoms with Crippen molar-refractivity contribution in [3.05, 3.63) is 116 Å². The summed E-state index contributed by atoms with van der Waals surface area (Å²) in [5, 5.41) is 9.40. The zero-order chi connectivity index (χ0) is 30.6. The van der Waals surface area contributed by atoms with Crippen LogP contribution in [0.3, 0.4) is 0 Å². The van der Waals surface area contributed by atoms with Crippen molar-refractivity contribution in [2.45, 2.75) is 27.7 Å². The molecular weight excluding hydrogens is 570 g/mol. The number of nitrogens with zero attached hydrogens (tertiary/aromatic N) is 5. The van der Waals surface area contributed by atoms with E-state index in [0.29, 0.717) is 34.4 Å². The van der Waals surface area contributed by atoms with Crippen LogP contribution >= 0.6 is 11.3 Å². The lowest BCUT2D eigenvalue weighted by molar-refractivity contribution is 0.269. The van der Waals surface area contributed by atoms with Crippen molar-refractivity contribution in [3.63, 3.8) is 0 Å². The van der Waals surface area contributed by atoms with Gasteiger partial charge in [-0.1, -0.05) is 61.6 Å². The number of aromatic nitrogens is 5. The highest BCUT2D eigenvalue weighted by Gasteiger charge is 2.15. The molecule has 0 saturated heterocycles. The van der Waals surface area contributed by atoms with Crippen LogP contribution in [0.1, 0.15) is 43.3 Å². The van der Waals surface area contributed by atoms with Gasteiger partial charge in [-0.15, -0.1) is 5.10 Å². The number of aryl methyl sites for hydroxylation is 1. The molecule has 0 fully saturated rings. The number of rotatable bonds is 10. The van der Waals surface area contributed by atoms with Gasteiger partial charge in [-0.05, 0) is 85.5 Å². The van der Waals surface area contributed by atoms with Crippen LogP contribution in [0.2, 0.25) is 0 Å². The molecule has 0 radical (unpaired) electrons. The van der Waals surface area contributed by atoms with Gasteiger partial charge in [0.05, 0.1) is 23.4 Å². The van der Waals surface area contributed by atoms with Gasteiger partial charge in [-0.25, -0.2) is 4.68 Å². The van der Waals surface area contributed by atoms with Crippen molar-refractivity contribution < 1.29 is 9.47 Å². The van der Waals surface area contributed by atoms with E-state index in [4.69, 9.17) is 14.6 Å². The molecule has 9 heteroatoms. The van der Waals surface area contributed by atoms with Gasteiger partial charge in [0.2, 0.25) is 4.96 Å². The lowest BCUT2D eigenvalue weighted by Gasteiger charge is -2.12. The fourth-order valence-electron chi connectivity index (χ4n) is 4.72. The summed E-state index contributed by atoms with van der Waals surface area (Å²) < 4.78 is 15.2. The second-order valence-corrected chi connectivity index (χ2v) is 11.8. The highest BCUT2D eigenvalue weighted by atomic mass is 32.1. The lowest BCUT2D eigenvalue weighted by Crippen LogP contribution is -2.23. The van der Waals surface area contributed by atoms with Crippen LogP contribution in [0.5, 0.6) is 11.5 Å². The second-order valence-electron chi connectivity index (χ2n) is 10.8. The highest BCUT2D eigenvalue weighted by molar-refractivity contribution is 7.15. The Morgan fingerprint density at radius 2 is 1.75 bits per heavy atom. The maximum Gasteiger partial charge on any atom is 0.291 e. The molecule has 0 aliphatic carbocycles. The van der Waals surface area contributed by atoms with Crippen LogP contribution in [0.15, 0.2) is 83.8 Å². The minimum absolute atomic E-state index is 0.217. The van der Waals surface area contributed by atoms with Crippen molar-refractivity contribution in [2.24, 2.45) is 5.92 Å². The van der Waals surface area contributed by atoms with Gasteiger partial charge in [0.25, 0.3) is 5.56 Å². The van der Waals surface area contributed by atoms with Crippen LogP contribution < -0.4 is 19.6 Å². The van der Waals surface area contributed by atoms with Crippen molar-refractivity contribution in [1.82, 2.24) is 24.4 Å². The summed E-state index contributed by atoms with van der Waals surface area (Å²) in [6.45, 7) is 9.53. The normalized spacial score (nSPS) is 12.2. The summed E-state index contributed by atoms with van der Waals surface area (Å²) in [7, 11) is 0. The molecule has 222 valence electrons. The highest BCUT2D eigenvalue weighted by Crippen LogP contribution is 2.29. The largest absolute Gasteiger partial charge is 0.494 e. The number of hydrogen-bond donors (Lipinski definition) is 0. The number of ether oxygens (including phenoxy) is 2. The lowest BCUT2D eigenvalue weighted by atomic mass is 10.0. The molecule has 3 aromatic carbocycles. The molecule has 0 amide bonds. The third-order valence-corrected chi connectivity index (χ3v) is 7.84. The van der Waals surface area contributed by atoms with Gasteiger partial charge in [0, 0.05) is 17.3 Å². The fraction of sp³-hybridized carbons (Fsp3) is 0.200. The first-order valence-electron chi connectivity index (χ1n) is 14.6. The molecule has 3 heterocycles. The Morgan fingerprint density at radius 3 is 2.45 bits per heavy atom. The van der Waals surface area contributed by atoms with Crippen LogP contribution in [0.4, 0.5) is 0 Å². The van der Waals surface area contributed by atoms with Gasteiger partial charge in [0.15, 0.2) is 5.82 Å². The molecule has 0 bridgehead atoms. The Kier molecular flexibility index (Phi) is 8.38. The molecular formula is C35H33N5O3S. The van der Waals surface area contributed by atoms with Crippen molar-refractivity contribution >= 4 is 34.5 Å². The van der Waals surface area contributed by atoms with Crippen LogP contribution in [0, 0.1) is 12.8 Å². The summed E-state index contributed by atoms with van der Waals surface area (Å²) in [6, 6.07) is 23.8. The smallest absolute Gasteiger partial charge is 0.291 e. The number of benzene rings is 3. The van der Waals surface area contributed by atoms with Gasteiger partial charge in [-0.3, -0.25) is 4.79 Å². The van der Waals surface area contributed by atoms with Gasteiger partial charge >= 0.3 is 0 Å². The second kappa shape index (κ2) is 12.7. The summed E-state index contributed by atoms with van der Waals surface area (Å²) in [4.78, 5) is 18.5. The van der Waals surface area contributed by atoms with E-state index in [1.807, 2.05) is 104 Å². The number of hydrogen-bond acceptors (Lipinski definition) is 7. The van der Waals surface area contributed by atoms with Crippen molar-refractivity contribution in [2.75, 3.05) is 13.2 Å². The molecule has 0 aliphatic rings. The van der Waals surface area contributed by atoms with E-state index in [-0.39, 0.29) is 5.56 Å². The average molecular weight is 604 g/mol. The van der Waals surface area contributed by atoms with Gasteiger partial charge < -0.3 is 9.47 Å². The summed E-state index contributed by atoms with van der Waals surface area (Å²) in [5.74, 6) is 2.59. The predicted octanol–water partition coefficient (Wildman–Crippen LogP) is 6.46. The molecule has 0 atom stereocenters. The Balaban J connectivity index is 1.34. The van der Waals surface area contributed by atoms with E-state index >= 15 is 0 Å². The number of para-hydroxylation sites is 1. The first-order valence-corrected chi connectivity index (χ1v) is 15.4. The molecule has 0 unspecified atom stereocenters.